The van der Waals surface area contributed by atoms with E-state index in [2.05, 4.69) is 58.6 Å². The van der Waals surface area contributed by atoms with Crippen LogP contribution in [0.25, 0.3) is 0 Å². The zero-order valence-electron chi connectivity index (χ0n) is 11.6. The van der Waals surface area contributed by atoms with E-state index in [1.165, 1.54) is 5.56 Å². The molecule has 2 N–H and O–H groups in total. The maximum Gasteiger partial charge on any atom is 0.213 e. The largest absolute Gasteiger partial charge is 0.312 e. The summed E-state index contributed by atoms with van der Waals surface area (Å²) in [5.41, 5.74) is 1.30. The van der Waals surface area contributed by atoms with Crippen LogP contribution in [0.1, 0.15) is 25.2 Å². The number of aryl methyl sites for hydroxylation is 1. The fraction of sp³-hybridized carbons (Fsp3) is 0.429. The van der Waals surface area contributed by atoms with Gasteiger partial charge in [0, 0.05) is 11.4 Å². The fourth-order valence-electron chi connectivity index (χ4n) is 1.65. The van der Waals surface area contributed by atoms with Gasteiger partial charge in [0.1, 0.15) is 5.82 Å². The average molecular weight is 276 g/mol. The van der Waals surface area contributed by atoms with Crippen LogP contribution in [0.5, 0.6) is 0 Å². The number of rotatable bonds is 6. The van der Waals surface area contributed by atoms with Gasteiger partial charge in [0.05, 0.1) is 0 Å². The lowest BCUT2D eigenvalue weighted by Gasteiger charge is -2.07. The summed E-state index contributed by atoms with van der Waals surface area (Å²) >= 11 is 1.57. The molecular weight excluding hydrogens is 256 g/mol. The van der Waals surface area contributed by atoms with Crippen molar-refractivity contribution in [3.63, 3.8) is 0 Å². The first kappa shape index (κ1) is 14.1. The van der Waals surface area contributed by atoms with E-state index in [1.807, 2.05) is 6.92 Å². The van der Waals surface area contributed by atoms with E-state index < -0.39 is 0 Å². The molecule has 0 saturated carbocycles. The first-order valence-corrected chi connectivity index (χ1v) is 7.31. The second-order valence-electron chi connectivity index (χ2n) is 4.97. The van der Waals surface area contributed by atoms with Crippen LogP contribution < -0.4 is 5.32 Å². The van der Waals surface area contributed by atoms with Gasteiger partial charge in [-0.2, -0.15) is 0 Å². The van der Waals surface area contributed by atoms with Gasteiger partial charge in [-0.1, -0.05) is 26.0 Å². The maximum absolute atomic E-state index is 4.28. The third kappa shape index (κ3) is 4.69. The molecule has 102 valence electrons. The van der Waals surface area contributed by atoms with Crippen molar-refractivity contribution in [3.05, 3.63) is 35.7 Å². The summed E-state index contributed by atoms with van der Waals surface area (Å²) in [4.78, 5) is 5.44. The first-order valence-electron chi connectivity index (χ1n) is 6.50. The Bertz CT molecular complexity index is 504. The summed E-state index contributed by atoms with van der Waals surface area (Å²) in [5.74, 6) is 1.53. The zero-order chi connectivity index (χ0) is 13.7. The Labute approximate surface area is 118 Å². The first-order chi connectivity index (χ1) is 9.13. The molecule has 0 saturated heterocycles. The SMILES string of the molecule is Cc1nc(Sc2ccc(CNCC(C)C)cc2)n[nH]1. The Morgan fingerprint density at radius 2 is 2.00 bits per heavy atom. The number of hydrogen-bond donors (Lipinski definition) is 2. The molecule has 2 aromatic rings. The number of aromatic nitrogens is 3. The van der Waals surface area contributed by atoms with Crippen LogP contribution in [-0.4, -0.2) is 21.7 Å². The maximum atomic E-state index is 4.28. The molecule has 0 radical (unpaired) electrons. The molecule has 0 aliphatic rings. The predicted molar refractivity (Wildman–Crippen MR) is 78.2 cm³/mol. The molecule has 0 fully saturated rings. The van der Waals surface area contributed by atoms with Gasteiger partial charge in [0.2, 0.25) is 5.16 Å². The highest BCUT2D eigenvalue weighted by molar-refractivity contribution is 7.99. The van der Waals surface area contributed by atoms with E-state index in [1.54, 1.807) is 11.8 Å². The molecule has 1 aromatic heterocycles. The van der Waals surface area contributed by atoms with Crippen molar-refractivity contribution in [1.29, 1.82) is 0 Å². The van der Waals surface area contributed by atoms with E-state index in [9.17, 15) is 0 Å². The Kier molecular flexibility index (Phi) is 4.99. The number of benzene rings is 1. The third-order valence-corrected chi connectivity index (χ3v) is 3.46. The minimum Gasteiger partial charge on any atom is -0.312 e. The van der Waals surface area contributed by atoms with Crippen molar-refractivity contribution in [2.75, 3.05) is 6.54 Å². The smallest absolute Gasteiger partial charge is 0.213 e. The standard InChI is InChI=1S/C14H20N4S/c1-10(2)8-15-9-12-4-6-13(7-5-12)19-14-16-11(3)17-18-14/h4-7,10,15H,8-9H2,1-3H3,(H,16,17,18). The van der Waals surface area contributed by atoms with Crippen LogP contribution in [0, 0.1) is 12.8 Å². The normalized spacial score (nSPS) is 11.2. The lowest BCUT2D eigenvalue weighted by molar-refractivity contribution is 0.552. The summed E-state index contributed by atoms with van der Waals surface area (Å²) < 4.78 is 0. The van der Waals surface area contributed by atoms with Gasteiger partial charge < -0.3 is 5.32 Å². The van der Waals surface area contributed by atoms with Crippen LogP contribution >= 0.6 is 11.8 Å². The van der Waals surface area contributed by atoms with E-state index in [0.29, 0.717) is 5.92 Å². The van der Waals surface area contributed by atoms with Crippen molar-refractivity contribution in [2.24, 2.45) is 5.92 Å². The number of hydrogen-bond acceptors (Lipinski definition) is 4. The molecule has 1 heterocycles. The van der Waals surface area contributed by atoms with E-state index in [4.69, 9.17) is 0 Å². The van der Waals surface area contributed by atoms with E-state index in [-0.39, 0.29) is 0 Å². The summed E-state index contributed by atoms with van der Waals surface area (Å²) in [7, 11) is 0. The molecule has 0 unspecified atom stereocenters. The van der Waals surface area contributed by atoms with Crippen LogP contribution in [0.2, 0.25) is 0 Å². The lowest BCUT2D eigenvalue weighted by atomic mass is 10.2. The van der Waals surface area contributed by atoms with Gasteiger partial charge >= 0.3 is 0 Å². The summed E-state index contributed by atoms with van der Waals surface area (Å²) in [6.45, 7) is 8.30. The Balaban J connectivity index is 1.87. The number of nitrogens with one attached hydrogen (secondary N) is 2. The van der Waals surface area contributed by atoms with Crippen molar-refractivity contribution in [2.45, 2.75) is 37.4 Å². The molecule has 0 spiro atoms. The van der Waals surface area contributed by atoms with Crippen LogP contribution in [0.4, 0.5) is 0 Å². The van der Waals surface area contributed by atoms with Gasteiger partial charge in [0.25, 0.3) is 0 Å². The monoisotopic (exact) mass is 276 g/mol. The molecule has 0 aliphatic carbocycles. The zero-order valence-corrected chi connectivity index (χ0v) is 12.4. The average Bonchev–Trinajstić information content (AvgIpc) is 2.77. The number of aromatic amines is 1. The lowest BCUT2D eigenvalue weighted by Crippen LogP contribution is -2.18. The molecule has 0 amide bonds. The van der Waals surface area contributed by atoms with E-state index in [0.717, 1.165) is 29.0 Å². The molecule has 5 heteroatoms. The predicted octanol–water partition coefficient (Wildman–Crippen LogP) is 3.01. The fourth-order valence-corrected chi connectivity index (χ4v) is 2.41. The van der Waals surface area contributed by atoms with Crippen LogP contribution in [0.3, 0.4) is 0 Å². The molecule has 2 rings (SSSR count). The van der Waals surface area contributed by atoms with Gasteiger partial charge in [-0.3, -0.25) is 5.10 Å². The van der Waals surface area contributed by atoms with Crippen LogP contribution in [-0.2, 0) is 6.54 Å². The third-order valence-electron chi connectivity index (χ3n) is 2.59. The quantitative estimate of drug-likeness (QED) is 0.851. The van der Waals surface area contributed by atoms with Gasteiger partial charge in [-0.15, -0.1) is 5.10 Å². The minimum atomic E-state index is 0.684. The second-order valence-corrected chi connectivity index (χ2v) is 6.01. The molecule has 4 nitrogen and oxygen atoms in total. The van der Waals surface area contributed by atoms with Crippen molar-refractivity contribution < 1.29 is 0 Å². The van der Waals surface area contributed by atoms with Crippen molar-refractivity contribution >= 4 is 11.8 Å². The van der Waals surface area contributed by atoms with E-state index >= 15 is 0 Å². The highest BCUT2D eigenvalue weighted by atomic mass is 32.2. The number of H-pyrrole nitrogens is 1. The summed E-state index contributed by atoms with van der Waals surface area (Å²) in [6.07, 6.45) is 0. The Hall–Kier alpha value is -1.33. The van der Waals surface area contributed by atoms with Crippen LogP contribution in [0.15, 0.2) is 34.3 Å². The summed E-state index contributed by atoms with van der Waals surface area (Å²) in [5, 5.41) is 11.2. The van der Waals surface area contributed by atoms with Crippen molar-refractivity contribution in [1.82, 2.24) is 20.5 Å². The summed E-state index contributed by atoms with van der Waals surface area (Å²) in [6, 6.07) is 8.52. The molecule has 1 aromatic carbocycles. The Morgan fingerprint density at radius 1 is 1.26 bits per heavy atom. The van der Waals surface area contributed by atoms with Gasteiger partial charge in [-0.25, -0.2) is 4.98 Å². The topological polar surface area (TPSA) is 53.6 Å². The minimum absolute atomic E-state index is 0.684. The highest BCUT2D eigenvalue weighted by Crippen LogP contribution is 2.24. The molecule has 0 bridgehead atoms. The van der Waals surface area contributed by atoms with Gasteiger partial charge in [-0.05, 0) is 48.8 Å². The highest BCUT2D eigenvalue weighted by Gasteiger charge is 2.03. The van der Waals surface area contributed by atoms with Gasteiger partial charge in [0.15, 0.2) is 0 Å². The molecule has 0 atom stereocenters. The second kappa shape index (κ2) is 6.73. The molecular formula is C14H20N4S. The Morgan fingerprint density at radius 3 is 2.58 bits per heavy atom. The van der Waals surface area contributed by atoms with Crippen molar-refractivity contribution in [3.8, 4) is 0 Å². The number of nitrogens with zero attached hydrogens (tertiary/aromatic N) is 2. The molecule has 19 heavy (non-hydrogen) atoms. The molecule has 0 aliphatic heterocycles.